The normalized spacial score (nSPS) is 12.7. The van der Waals surface area contributed by atoms with Crippen LogP contribution in [0, 0.1) is 0 Å². The van der Waals surface area contributed by atoms with Crippen molar-refractivity contribution < 1.29 is 0 Å². The van der Waals surface area contributed by atoms with E-state index in [1.165, 1.54) is 21.2 Å². The van der Waals surface area contributed by atoms with Gasteiger partial charge < -0.3 is 10.6 Å². The van der Waals surface area contributed by atoms with Crippen LogP contribution in [-0.4, -0.2) is 0 Å². The first-order valence-electron chi connectivity index (χ1n) is 6.85. The topological polar surface area (TPSA) is 29.3 Å². The Hall–Kier alpha value is -2.39. The van der Waals surface area contributed by atoms with Gasteiger partial charge in [0.05, 0.1) is 22.7 Å². The highest BCUT2D eigenvalue weighted by Gasteiger charge is 2.24. The van der Waals surface area contributed by atoms with E-state index in [4.69, 9.17) is 5.73 Å². The third kappa shape index (κ3) is 1.98. The largest absolute Gasteiger partial charge is 0.397 e. The Morgan fingerprint density at radius 1 is 0.619 bits per heavy atom. The second-order valence-corrected chi connectivity index (χ2v) is 6.02. The lowest BCUT2D eigenvalue weighted by molar-refractivity contribution is 1.17. The van der Waals surface area contributed by atoms with Crippen LogP contribution in [0.25, 0.3) is 0 Å². The van der Waals surface area contributed by atoms with Gasteiger partial charge in [-0.1, -0.05) is 48.2 Å². The fourth-order valence-corrected chi connectivity index (χ4v) is 3.71. The third-order valence-corrected chi connectivity index (χ3v) is 4.74. The molecule has 21 heavy (non-hydrogen) atoms. The zero-order chi connectivity index (χ0) is 14.2. The first-order chi connectivity index (χ1) is 10.3. The summed E-state index contributed by atoms with van der Waals surface area (Å²) in [6.45, 7) is 0. The van der Waals surface area contributed by atoms with Crippen LogP contribution < -0.4 is 10.6 Å². The molecule has 0 aromatic heterocycles. The molecular weight excluding hydrogens is 276 g/mol. The Bertz CT molecular complexity index is 753. The number of benzene rings is 3. The summed E-state index contributed by atoms with van der Waals surface area (Å²) in [6, 6.07) is 24.9. The molecule has 3 heteroatoms. The van der Waals surface area contributed by atoms with Gasteiger partial charge in [-0.15, -0.1) is 0 Å². The molecule has 0 unspecified atom stereocenters. The molecular formula is C18H14N2S. The van der Waals surface area contributed by atoms with Crippen molar-refractivity contribution in [3.05, 3.63) is 72.8 Å². The molecule has 102 valence electrons. The SMILES string of the molecule is Nc1ccccc1N1c2ccccc2Sc2ccccc21. The molecule has 0 bridgehead atoms. The molecule has 0 atom stereocenters. The smallest absolute Gasteiger partial charge is 0.0692 e. The first kappa shape index (κ1) is 12.4. The Balaban J connectivity index is 2.00. The molecule has 2 N–H and O–H groups in total. The summed E-state index contributed by atoms with van der Waals surface area (Å²) >= 11 is 1.80. The van der Waals surface area contributed by atoms with E-state index in [2.05, 4.69) is 59.5 Å². The molecule has 0 fully saturated rings. The molecule has 3 aromatic rings. The average molecular weight is 290 g/mol. The number of fused-ring (bicyclic) bond motifs is 2. The van der Waals surface area contributed by atoms with E-state index in [1.807, 2.05) is 18.2 Å². The second kappa shape index (κ2) is 4.86. The number of nitrogen functional groups attached to an aromatic ring is 1. The first-order valence-corrected chi connectivity index (χ1v) is 7.67. The molecule has 0 saturated carbocycles. The van der Waals surface area contributed by atoms with Gasteiger partial charge in [0.2, 0.25) is 0 Å². The zero-order valence-corrected chi connectivity index (χ0v) is 12.2. The fraction of sp³-hybridized carbons (Fsp3) is 0. The molecule has 3 aromatic carbocycles. The van der Waals surface area contributed by atoms with Gasteiger partial charge in [0.15, 0.2) is 0 Å². The highest BCUT2D eigenvalue weighted by Crippen LogP contribution is 2.51. The van der Waals surface area contributed by atoms with Crippen molar-refractivity contribution in [2.24, 2.45) is 0 Å². The number of hydrogen-bond donors (Lipinski definition) is 1. The Kier molecular flexibility index (Phi) is 2.86. The average Bonchev–Trinajstić information content (AvgIpc) is 2.53. The molecule has 0 aliphatic carbocycles. The lowest BCUT2D eigenvalue weighted by Gasteiger charge is -2.33. The fourth-order valence-electron chi connectivity index (χ4n) is 2.66. The summed E-state index contributed by atoms with van der Waals surface area (Å²) in [7, 11) is 0. The maximum absolute atomic E-state index is 6.22. The van der Waals surface area contributed by atoms with Crippen LogP contribution >= 0.6 is 11.8 Å². The molecule has 0 amide bonds. The molecule has 1 heterocycles. The van der Waals surface area contributed by atoms with Gasteiger partial charge >= 0.3 is 0 Å². The minimum absolute atomic E-state index is 0.786. The molecule has 2 nitrogen and oxygen atoms in total. The van der Waals surface area contributed by atoms with Crippen LogP contribution in [0.15, 0.2) is 82.6 Å². The van der Waals surface area contributed by atoms with Crippen molar-refractivity contribution in [1.82, 2.24) is 0 Å². The predicted octanol–water partition coefficient (Wildman–Crippen LogP) is 5.20. The monoisotopic (exact) mass is 290 g/mol. The van der Waals surface area contributed by atoms with Gasteiger partial charge in [-0.3, -0.25) is 0 Å². The van der Waals surface area contributed by atoms with Crippen LogP contribution in [0.5, 0.6) is 0 Å². The predicted molar refractivity (Wildman–Crippen MR) is 89.7 cm³/mol. The number of hydrogen-bond acceptors (Lipinski definition) is 3. The van der Waals surface area contributed by atoms with Crippen LogP contribution in [0.4, 0.5) is 22.7 Å². The van der Waals surface area contributed by atoms with Crippen molar-refractivity contribution in [2.45, 2.75) is 9.79 Å². The van der Waals surface area contributed by atoms with Gasteiger partial charge in [-0.05, 0) is 36.4 Å². The highest BCUT2D eigenvalue weighted by atomic mass is 32.2. The molecule has 0 saturated heterocycles. The number of rotatable bonds is 1. The minimum atomic E-state index is 0.786. The lowest BCUT2D eigenvalue weighted by atomic mass is 10.1. The van der Waals surface area contributed by atoms with E-state index in [-0.39, 0.29) is 0 Å². The maximum Gasteiger partial charge on any atom is 0.0692 e. The van der Waals surface area contributed by atoms with Crippen LogP contribution in [0.1, 0.15) is 0 Å². The molecule has 1 aliphatic rings. The van der Waals surface area contributed by atoms with E-state index in [1.54, 1.807) is 11.8 Å². The van der Waals surface area contributed by atoms with Gasteiger partial charge in [0.1, 0.15) is 0 Å². The Labute approximate surface area is 128 Å². The zero-order valence-electron chi connectivity index (χ0n) is 11.4. The highest BCUT2D eigenvalue weighted by molar-refractivity contribution is 7.99. The maximum atomic E-state index is 6.22. The van der Waals surface area contributed by atoms with E-state index in [9.17, 15) is 0 Å². The molecule has 0 radical (unpaired) electrons. The number of nitrogens with zero attached hydrogens (tertiary/aromatic N) is 1. The number of nitrogens with two attached hydrogens (primary N) is 1. The van der Waals surface area contributed by atoms with Crippen molar-refractivity contribution in [1.29, 1.82) is 0 Å². The van der Waals surface area contributed by atoms with E-state index >= 15 is 0 Å². The van der Waals surface area contributed by atoms with Gasteiger partial charge in [0, 0.05) is 9.79 Å². The van der Waals surface area contributed by atoms with Crippen molar-refractivity contribution in [3.8, 4) is 0 Å². The Morgan fingerprint density at radius 3 is 1.67 bits per heavy atom. The molecule has 0 spiro atoms. The molecule has 1 aliphatic heterocycles. The van der Waals surface area contributed by atoms with Gasteiger partial charge in [0.25, 0.3) is 0 Å². The van der Waals surface area contributed by atoms with Crippen LogP contribution in [0.3, 0.4) is 0 Å². The summed E-state index contributed by atoms with van der Waals surface area (Å²) in [5.41, 5.74) is 10.4. The van der Waals surface area contributed by atoms with Gasteiger partial charge in [-0.2, -0.15) is 0 Å². The molecule has 4 rings (SSSR count). The standard InChI is InChI=1S/C18H14N2S/c19-13-7-1-2-8-14(13)20-15-9-3-5-11-17(15)21-18-12-6-4-10-16(18)20/h1-12H,19H2. The quantitative estimate of drug-likeness (QED) is 0.488. The number of anilines is 4. The lowest BCUT2D eigenvalue weighted by Crippen LogP contribution is -2.15. The van der Waals surface area contributed by atoms with Gasteiger partial charge in [-0.25, -0.2) is 0 Å². The second-order valence-electron chi connectivity index (χ2n) is 4.93. The number of para-hydroxylation sites is 4. The van der Waals surface area contributed by atoms with Crippen molar-refractivity contribution in [2.75, 3.05) is 10.6 Å². The van der Waals surface area contributed by atoms with Crippen molar-refractivity contribution >= 4 is 34.5 Å². The van der Waals surface area contributed by atoms with Crippen LogP contribution in [0.2, 0.25) is 0 Å². The van der Waals surface area contributed by atoms with E-state index < -0.39 is 0 Å². The van der Waals surface area contributed by atoms with Crippen LogP contribution in [-0.2, 0) is 0 Å². The third-order valence-electron chi connectivity index (χ3n) is 3.61. The van der Waals surface area contributed by atoms with E-state index in [0.717, 1.165) is 11.4 Å². The minimum Gasteiger partial charge on any atom is -0.397 e. The summed E-state index contributed by atoms with van der Waals surface area (Å²) in [4.78, 5) is 4.75. The summed E-state index contributed by atoms with van der Waals surface area (Å²) in [5, 5.41) is 0. The summed E-state index contributed by atoms with van der Waals surface area (Å²) in [6.07, 6.45) is 0. The summed E-state index contributed by atoms with van der Waals surface area (Å²) < 4.78 is 0. The van der Waals surface area contributed by atoms with Crippen molar-refractivity contribution in [3.63, 3.8) is 0 Å². The summed E-state index contributed by atoms with van der Waals surface area (Å²) in [5.74, 6) is 0. The Morgan fingerprint density at radius 2 is 1.10 bits per heavy atom. The van der Waals surface area contributed by atoms with E-state index in [0.29, 0.717) is 0 Å².